The summed E-state index contributed by atoms with van der Waals surface area (Å²) in [5.74, 6) is -0.248. The minimum atomic E-state index is -0.326. The number of hydrogen-bond acceptors (Lipinski definition) is 4. The Morgan fingerprint density at radius 3 is 2.86 bits per heavy atom. The van der Waals surface area contributed by atoms with Gasteiger partial charge in [0.25, 0.3) is 0 Å². The summed E-state index contributed by atoms with van der Waals surface area (Å²) in [5, 5.41) is 6.02. The Morgan fingerprint density at radius 2 is 2.19 bits per heavy atom. The van der Waals surface area contributed by atoms with Gasteiger partial charge in [-0.3, -0.25) is 14.9 Å². The van der Waals surface area contributed by atoms with Gasteiger partial charge in [0.05, 0.1) is 30.3 Å². The highest BCUT2D eigenvalue weighted by Crippen LogP contribution is 2.13. The van der Waals surface area contributed by atoms with E-state index in [4.69, 9.17) is 0 Å². The van der Waals surface area contributed by atoms with E-state index in [1.165, 1.54) is 4.90 Å². The second kappa shape index (κ2) is 5.85. The van der Waals surface area contributed by atoms with Crippen LogP contribution in [0.4, 0.5) is 0 Å². The monoisotopic (exact) mass is 293 g/mol. The summed E-state index contributed by atoms with van der Waals surface area (Å²) in [6.45, 7) is 6.38. The number of rotatable bonds is 3. The first-order valence-electron chi connectivity index (χ1n) is 7.07. The molecule has 1 aliphatic rings. The predicted octanol–water partition coefficient (Wildman–Crippen LogP) is -0.203. The number of carbonyl (C=O) groups excluding carboxylic acids is 2. The number of fused-ring (bicyclic) bond motifs is 1. The van der Waals surface area contributed by atoms with E-state index >= 15 is 0 Å². The molecule has 0 aliphatic carbocycles. The molecule has 2 rings (SSSR count). The summed E-state index contributed by atoms with van der Waals surface area (Å²) in [6.07, 6.45) is 2.18. The predicted molar refractivity (Wildman–Crippen MR) is 78.5 cm³/mol. The Balaban J connectivity index is 1.90. The van der Waals surface area contributed by atoms with Gasteiger partial charge in [-0.1, -0.05) is 0 Å². The summed E-state index contributed by atoms with van der Waals surface area (Å²) in [6, 6.07) is -0.326. The molecule has 1 unspecified atom stereocenters. The molecule has 7 nitrogen and oxygen atoms in total. The summed E-state index contributed by atoms with van der Waals surface area (Å²) >= 11 is 0. The van der Waals surface area contributed by atoms with E-state index in [1.54, 1.807) is 13.4 Å². The van der Waals surface area contributed by atoms with Crippen LogP contribution >= 0.6 is 0 Å². The van der Waals surface area contributed by atoms with Gasteiger partial charge in [0.1, 0.15) is 0 Å². The van der Waals surface area contributed by atoms with Crippen LogP contribution in [-0.2, 0) is 22.6 Å². The molecule has 21 heavy (non-hydrogen) atoms. The number of nitrogens with one attached hydrogen (secondary N) is 3. The fourth-order valence-electron chi connectivity index (χ4n) is 2.36. The smallest absolute Gasteiger partial charge is 0.240 e. The van der Waals surface area contributed by atoms with Crippen molar-refractivity contribution >= 4 is 11.8 Å². The molecule has 0 spiro atoms. The summed E-state index contributed by atoms with van der Waals surface area (Å²) in [4.78, 5) is 33.0. The first kappa shape index (κ1) is 15.5. The van der Waals surface area contributed by atoms with E-state index < -0.39 is 0 Å². The average molecular weight is 293 g/mol. The lowest BCUT2D eigenvalue weighted by Crippen LogP contribution is -2.52. The summed E-state index contributed by atoms with van der Waals surface area (Å²) < 4.78 is 0. The lowest BCUT2D eigenvalue weighted by Gasteiger charge is -2.28. The van der Waals surface area contributed by atoms with Crippen molar-refractivity contribution < 1.29 is 9.59 Å². The number of hydrogen-bond donors (Lipinski definition) is 3. The van der Waals surface area contributed by atoms with Gasteiger partial charge in [-0.15, -0.1) is 0 Å². The van der Waals surface area contributed by atoms with Crippen LogP contribution in [0.15, 0.2) is 6.33 Å². The molecule has 0 saturated heterocycles. The third-order valence-corrected chi connectivity index (χ3v) is 3.30. The van der Waals surface area contributed by atoms with Gasteiger partial charge < -0.3 is 15.2 Å². The number of H-pyrrole nitrogens is 1. The van der Waals surface area contributed by atoms with Crippen LogP contribution in [0.3, 0.4) is 0 Å². The molecule has 0 radical (unpaired) electrons. The third kappa shape index (κ3) is 4.04. The quantitative estimate of drug-likeness (QED) is 0.720. The Bertz CT molecular complexity index is 532. The van der Waals surface area contributed by atoms with Gasteiger partial charge in [0.15, 0.2) is 0 Å². The zero-order valence-corrected chi connectivity index (χ0v) is 13.0. The van der Waals surface area contributed by atoms with Crippen LogP contribution in [0.5, 0.6) is 0 Å². The van der Waals surface area contributed by atoms with Gasteiger partial charge in [-0.2, -0.15) is 0 Å². The molecular formula is C14H23N5O2. The fourth-order valence-corrected chi connectivity index (χ4v) is 2.36. The Morgan fingerprint density at radius 1 is 1.48 bits per heavy atom. The number of imidazole rings is 1. The highest BCUT2D eigenvalue weighted by Gasteiger charge is 2.29. The molecule has 3 N–H and O–H groups in total. The molecule has 1 aromatic rings. The normalized spacial score (nSPS) is 18.0. The maximum absolute atomic E-state index is 12.4. The zero-order valence-electron chi connectivity index (χ0n) is 13.0. The molecule has 1 aromatic heterocycles. The molecule has 2 heterocycles. The first-order valence-corrected chi connectivity index (χ1v) is 7.07. The van der Waals surface area contributed by atoms with Crippen LogP contribution in [0.2, 0.25) is 0 Å². The van der Waals surface area contributed by atoms with Gasteiger partial charge in [-0.25, -0.2) is 4.98 Å². The molecule has 1 atom stereocenters. The van der Waals surface area contributed by atoms with E-state index in [2.05, 4.69) is 20.6 Å². The van der Waals surface area contributed by atoms with E-state index in [0.717, 1.165) is 11.4 Å². The van der Waals surface area contributed by atoms with Crippen molar-refractivity contribution in [2.24, 2.45) is 0 Å². The molecule has 0 aromatic carbocycles. The van der Waals surface area contributed by atoms with Crippen LogP contribution in [0.25, 0.3) is 0 Å². The molecule has 0 fully saturated rings. The average Bonchev–Trinajstić information content (AvgIpc) is 2.82. The minimum absolute atomic E-state index is 0.0572. The van der Waals surface area contributed by atoms with Crippen molar-refractivity contribution in [3.8, 4) is 0 Å². The fraction of sp³-hybridized carbons (Fsp3) is 0.643. The van der Waals surface area contributed by atoms with Crippen LogP contribution in [0, 0.1) is 0 Å². The molecule has 2 amide bonds. The van der Waals surface area contributed by atoms with E-state index in [9.17, 15) is 9.59 Å². The van der Waals surface area contributed by atoms with Crippen molar-refractivity contribution in [3.05, 3.63) is 17.7 Å². The molecule has 0 bridgehead atoms. The highest BCUT2D eigenvalue weighted by atomic mass is 16.2. The Hall–Kier alpha value is -1.89. The molecule has 7 heteroatoms. The van der Waals surface area contributed by atoms with Gasteiger partial charge in [-0.05, 0) is 20.8 Å². The van der Waals surface area contributed by atoms with E-state index in [1.807, 2.05) is 20.8 Å². The summed E-state index contributed by atoms with van der Waals surface area (Å²) in [7, 11) is 1.65. The number of aromatic nitrogens is 2. The Kier molecular flexibility index (Phi) is 4.32. The van der Waals surface area contributed by atoms with Crippen LogP contribution in [-0.4, -0.2) is 51.9 Å². The number of carbonyl (C=O) groups is 2. The standard InChI is InChI=1S/C14H23N5O2/c1-14(2,3)18-12(20)7-19(4)13(21)10-5-9-11(6-15-10)17-8-16-9/h8,10,15H,5-7H2,1-4H3,(H,16,17)(H,18,20). The number of amides is 2. The van der Waals surface area contributed by atoms with E-state index in [0.29, 0.717) is 13.0 Å². The van der Waals surface area contributed by atoms with Crippen molar-refractivity contribution in [1.29, 1.82) is 0 Å². The van der Waals surface area contributed by atoms with Gasteiger partial charge >= 0.3 is 0 Å². The number of aromatic amines is 1. The first-order chi connectivity index (χ1) is 9.76. The topological polar surface area (TPSA) is 90.1 Å². The highest BCUT2D eigenvalue weighted by molar-refractivity contribution is 5.87. The number of nitrogens with zero attached hydrogens (tertiary/aromatic N) is 2. The van der Waals surface area contributed by atoms with Crippen molar-refractivity contribution in [1.82, 2.24) is 25.5 Å². The van der Waals surface area contributed by atoms with Crippen molar-refractivity contribution in [3.63, 3.8) is 0 Å². The lowest BCUT2D eigenvalue weighted by molar-refractivity contribution is -0.137. The molecule has 1 aliphatic heterocycles. The zero-order chi connectivity index (χ0) is 15.6. The number of likely N-dealkylation sites (N-methyl/N-ethyl adjacent to an activating group) is 1. The van der Waals surface area contributed by atoms with Gasteiger partial charge in [0.2, 0.25) is 11.8 Å². The lowest BCUT2D eigenvalue weighted by atomic mass is 10.0. The second-order valence-electron chi connectivity index (χ2n) is 6.46. The van der Waals surface area contributed by atoms with Crippen LogP contribution < -0.4 is 10.6 Å². The maximum atomic E-state index is 12.4. The maximum Gasteiger partial charge on any atom is 0.240 e. The second-order valence-corrected chi connectivity index (χ2v) is 6.46. The van der Waals surface area contributed by atoms with Crippen LogP contribution in [0.1, 0.15) is 32.2 Å². The van der Waals surface area contributed by atoms with Gasteiger partial charge in [0, 0.05) is 25.6 Å². The third-order valence-electron chi connectivity index (χ3n) is 3.30. The largest absolute Gasteiger partial charge is 0.350 e. The minimum Gasteiger partial charge on any atom is -0.350 e. The molecule has 0 saturated carbocycles. The molecule has 116 valence electrons. The van der Waals surface area contributed by atoms with E-state index in [-0.39, 0.29) is 29.9 Å². The summed E-state index contributed by atoms with van der Waals surface area (Å²) in [5.41, 5.74) is 1.64. The SMILES string of the molecule is CN(CC(=O)NC(C)(C)C)C(=O)C1Cc2nc[nH]c2CN1. The molecular weight excluding hydrogens is 270 g/mol. The van der Waals surface area contributed by atoms with Crippen molar-refractivity contribution in [2.45, 2.75) is 45.3 Å². The van der Waals surface area contributed by atoms with Crippen molar-refractivity contribution in [2.75, 3.05) is 13.6 Å². The Labute approximate surface area is 124 Å².